The number of carboxylic acids is 1. The third-order valence-corrected chi connectivity index (χ3v) is 9.42. The van der Waals surface area contributed by atoms with E-state index < -0.39 is 62.6 Å². The van der Waals surface area contributed by atoms with Crippen molar-refractivity contribution in [2.45, 2.75) is 34.2 Å². The number of alkyl halides is 3. The number of hydrogen-bond donors (Lipinski definition) is 2. The molecule has 37 heavy (non-hydrogen) atoms. The van der Waals surface area contributed by atoms with E-state index in [2.05, 4.69) is 31.0 Å². The van der Waals surface area contributed by atoms with E-state index in [-0.39, 0.29) is 30.3 Å². The number of ether oxygens (including phenoxy) is 1. The number of nitrogens with zero attached hydrogens (tertiary/aromatic N) is 2. The smallest absolute Gasteiger partial charge is 0.422 e. The van der Waals surface area contributed by atoms with E-state index in [1.807, 2.05) is 0 Å². The lowest BCUT2D eigenvalue weighted by Crippen LogP contribution is -2.66. The second-order valence-electron chi connectivity index (χ2n) is 8.76. The first-order valence-electron chi connectivity index (χ1n) is 10.8. The monoisotopic (exact) mass is 625 g/mol. The molecule has 2 fully saturated rings. The van der Waals surface area contributed by atoms with Gasteiger partial charge >= 0.3 is 12.1 Å². The van der Waals surface area contributed by atoms with Crippen molar-refractivity contribution in [2.24, 2.45) is 0 Å². The van der Waals surface area contributed by atoms with Crippen molar-refractivity contribution < 1.29 is 41.0 Å². The molecule has 200 valence electrons. The SMILES string of the molecule is O=C(O)[C@@H]1C[C@@H](S(=O)(=O)c2ccc(OCC(F)(F)F)cc2Cl)CN1C(=O)C1(c2ccc(Br)cn2)CNC1. The molecule has 2 saturated heterocycles. The summed E-state index contributed by atoms with van der Waals surface area (Å²) < 4.78 is 69.3. The fraction of sp³-hybridized carbons (Fsp3) is 0.409. The number of carbonyl (C=O) groups excluding carboxylic acids is 1. The Kier molecular flexibility index (Phi) is 7.49. The summed E-state index contributed by atoms with van der Waals surface area (Å²) in [7, 11) is -4.27. The minimum atomic E-state index is -4.60. The van der Waals surface area contributed by atoms with Crippen LogP contribution in [0.5, 0.6) is 5.75 Å². The number of carboxylic acid groups (broad SMARTS) is 1. The molecule has 0 bridgehead atoms. The molecule has 4 rings (SSSR count). The van der Waals surface area contributed by atoms with Gasteiger partial charge in [0.1, 0.15) is 17.2 Å². The molecular formula is C22H20BrClF3N3O6S. The number of pyridine rings is 1. The fourth-order valence-electron chi connectivity index (χ4n) is 4.38. The molecular weight excluding hydrogens is 607 g/mol. The molecule has 1 amide bonds. The van der Waals surface area contributed by atoms with Crippen LogP contribution in [0.2, 0.25) is 5.02 Å². The Morgan fingerprint density at radius 1 is 1.27 bits per heavy atom. The topological polar surface area (TPSA) is 126 Å². The average molecular weight is 627 g/mol. The Balaban J connectivity index is 1.60. The van der Waals surface area contributed by atoms with Gasteiger partial charge in [0.05, 0.1) is 20.9 Å². The van der Waals surface area contributed by atoms with Crippen LogP contribution in [-0.2, 0) is 24.8 Å². The molecule has 1 aromatic carbocycles. The predicted octanol–water partition coefficient (Wildman–Crippen LogP) is 2.81. The van der Waals surface area contributed by atoms with E-state index in [1.54, 1.807) is 12.1 Å². The number of sulfone groups is 1. The minimum absolute atomic E-state index is 0.200. The molecule has 0 unspecified atom stereocenters. The minimum Gasteiger partial charge on any atom is -0.484 e. The number of halogens is 5. The second-order valence-corrected chi connectivity index (χ2v) is 12.3. The summed E-state index contributed by atoms with van der Waals surface area (Å²) >= 11 is 9.36. The van der Waals surface area contributed by atoms with E-state index >= 15 is 0 Å². The third-order valence-electron chi connectivity index (χ3n) is 6.34. The van der Waals surface area contributed by atoms with E-state index in [4.69, 9.17) is 11.6 Å². The summed E-state index contributed by atoms with van der Waals surface area (Å²) in [6.45, 7) is -1.59. The Labute approximate surface area is 223 Å². The zero-order valence-corrected chi connectivity index (χ0v) is 22.0. The molecule has 2 aliphatic rings. The van der Waals surface area contributed by atoms with Crippen molar-refractivity contribution in [3.63, 3.8) is 0 Å². The number of carbonyl (C=O) groups is 2. The highest BCUT2D eigenvalue weighted by molar-refractivity contribution is 9.10. The van der Waals surface area contributed by atoms with Crippen LogP contribution < -0.4 is 10.1 Å². The number of benzene rings is 1. The molecule has 0 radical (unpaired) electrons. The van der Waals surface area contributed by atoms with Gasteiger partial charge in [-0.1, -0.05) is 11.6 Å². The van der Waals surface area contributed by atoms with Gasteiger partial charge in [-0.25, -0.2) is 13.2 Å². The lowest BCUT2D eigenvalue weighted by molar-refractivity contribution is -0.153. The zero-order chi connectivity index (χ0) is 27.2. The van der Waals surface area contributed by atoms with Crippen LogP contribution in [0.4, 0.5) is 13.2 Å². The van der Waals surface area contributed by atoms with Crippen molar-refractivity contribution in [1.29, 1.82) is 0 Å². The van der Waals surface area contributed by atoms with E-state index in [9.17, 15) is 36.3 Å². The third kappa shape index (κ3) is 5.42. The van der Waals surface area contributed by atoms with E-state index in [0.29, 0.717) is 10.2 Å². The number of likely N-dealkylation sites (tertiary alicyclic amines) is 1. The van der Waals surface area contributed by atoms with Gasteiger partial charge in [0.15, 0.2) is 16.4 Å². The number of rotatable bonds is 7. The first-order valence-corrected chi connectivity index (χ1v) is 13.6. The molecule has 0 saturated carbocycles. The van der Waals surface area contributed by atoms with Crippen molar-refractivity contribution in [3.8, 4) is 5.75 Å². The number of aromatic nitrogens is 1. The molecule has 2 aliphatic heterocycles. The van der Waals surface area contributed by atoms with Gasteiger partial charge in [-0.05, 0) is 46.6 Å². The normalized spacial score (nSPS) is 21.4. The molecule has 0 spiro atoms. The number of nitrogens with one attached hydrogen (secondary N) is 1. The van der Waals surface area contributed by atoms with Gasteiger partial charge in [-0.3, -0.25) is 9.78 Å². The van der Waals surface area contributed by atoms with Crippen molar-refractivity contribution in [2.75, 3.05) is 26.2 Å². The standard InChI is InChI=1S/C22H20BrClF3N3O6S/c23-12-1-4-18(29-7-12)21(9-28-10-21)20(33)30-8-14(6-16(30)19(31)32)37(34,35)17-3-2-13(5-15(17)24)36-11-22(25,26)27/h1-5,7,14,16,28H,6,8-11H2,(H,31,32)/t14-,16+/m1/s1. The van der Waals surface area contributed by atoms with Gasteiger partial charge in [0, 0.05) is 36.4 Å². The quantitative estimate of drug-likeness (QED) is 0.481. The molecule has 0 aliphatic carbocycles. The largest absolute Gasteiger partial charge is 0.484 e. The maximum Gasteiger partial charge on any atom is 0.422 e. The highest BCUT2D eigenvalue weighted by atomic mass is 79.9. The van der Waals surface area contributed by atoms with Crippen LogP contribution in [0, 0.1) is 0 Å². The lowest BCUT2D eigenvalue weighted by Gasteiger charge is -2.43. The van der Waals surface area contributed by atoms with Crippen molar-refractivity contribution in [3.05, 3.63) is 51.7 Å². The first kappa shape index (κ1) is 27.6. The molecule has 3 heterocycles. The van der Waals surface area contributed by atoms with Crippen LogP contribution >= 0.6 is 27.5 Å². The second kappa shape index (κ2) is 10.0. The summed E-state index contributed by atoms with van der Waals surface area (Å²) in [6.07, 6.45) is -3.47. The van der Waals surface area contributed by atoms with Gasteiger partial charge in [0.2, 0.25) is 5.91 Å². The van der Waals surface area contributed by atoms with Crippen LogP contribution in [0.25, 0.3) is 0 Å². The number of amides is 1. The zero-order valence-electron chi connectivity index (χ0n) is 18.8. The highest BCUT2D eigenvalue weighted by Crippen LogP contribution is 2.37. The predicted molar refractivity (Wildman–Crippen MR) is 128 cm³/mol. The molecule has 2 atom stereocenters. The number of hydrogen-bond acceptors (Lipinski definition) is 7. The molecule has 15 heteroatoms. The van der Waals surface area contributed by atoms with Gasteiger partial charge < -0.3 is 20.1 Å². The first-order chi connectivity index (χ1) is 17.2. The lowest BCUT2D eigenvalue weighted by atomic mass is 9.76. The summed E-state index contributed by atoms with van der Waals surface area (Å²) in [5.41, 5.74) is -0.727. The summed E-state index contributed by atoms with van der Waals surface area (Å²) in [5.74, 6) is -2.21. The fourth-order valence-corrected chi connectivity index (χ4v) is 6.85. The molecule has 2 aromatic rings. The van der Waals surface area contributed by atoms with Crippen LogP contribution in [0.15, 0.2) is 45.9 Å². The summed E-state index contributed by atoms with van der Waals surface area (Å²) in [4.78, 5) is 30.7. The Morgan fingerprint density at radius 2 is 1.97 bits per heavy atom. The van der Waals surface area contributed by atoms with Gasteiger partial charge in [-0.15, -0.1) is 0 Å². The molecule has 9 nitrogen and oxygen atoms in total. The molecule has 2 N–H and O–H groups in total. The highest BCUT2D eigenvalue weighted by Gasteiger charge is 2.55. The van der Waals surface area contributed by atoms with E-state index in [0.717, 1.165) is 23.1 Å². The Hall–Kier alpha value is -2.42. The Morgan fingerprint density at radius 3 is 2.49 bits per heavy atom. The summed E-state index contributed by atoms with van der Waals surface area (Å²) in [5, 5.41) is 11.1. The van der Waals surface area contributed by atoms with Crippen molar-refractivity contribution in [1.82, 2.24) is 15.2 Å². The van der Waals surface area contributed by atoms with E-state index in [1.165, 1.54) is 6.20 Å². The van der Waals surface area contributed by atoms with Crippen LogP contribution in [0.1, 0.15) is 12.1 Å². The van der Waals surface area contributed by atoms with Gasteiger partial charge in [0.25, 0.3) is 0 Å². The average Bonchev–Trinajstić information content (AvgIpc) is 3.24. The van der Waals surface area contributed by atoms with Crippen LogP contribution in [0.3, 0.4) is 0 Å². The van der Waals surface area contributed by atoms with Gasteiger partial charge in [-0.2, -0.15) is 13.2 Å². The maximum atomic E-state index is 13.7. The number of aliphatic carboxylic acids is 1. The Bertz CT molecular complexity index is 1320. The van der Waals surface area contributed by atoms with Crippen LogP contribution in [-0.4, -0.2) is 79.0 Å². The van der Waals surface area contributed by atoms with Crippen molar-refractivity contribution >= 4 is 49.2 Å². The molecule has 1 aromatic heterocycles. The summed E-state index contributed by atoms with van der Waals surface area (Å²) in [6, 6.07) is 4.92. The maximum absolute atomic E-state index is 13.7.